The van der Waals surface area contributed by atoms with Gasteiger partial charge in [0.15, 0.2) is 0 Å². The molecule has 24 heavy (non-hydrogen) atoms. The van der Waals surface area contributed by atoms with Crippen molar-refractivity contribution in [2.75, 3.05) is 12.8 Å². The van der Waals surface area contributed by atoms with E-state index >= 15 is 0 Å². The molecule has 0 aliphatic rings. The molecular weight excluding hydrogens is 360 g/mol. The molecule has 0 saturated heterocycles. The van der Waals surface area contributed by atoms with Crippen LogP contribution in [0.25, 0.3) is 21.1 Å². The molecule has 3 rings (SSSR count). The van der Waals surface area contributed by atoms with E-state index in [0.717, 1.165) is 26.0 Å². The third-order valence-corrected chi connectivity index (χ3v) is 6.24. The Balaban J connectivity index is 1.70. The fourth-order valence-electron chi connectivity index (χ4n) is 2.23. The highest BCUT2D eigenvalue weighted by Crippen LogP contribution is 2.32. The van der Waals surface area contributed by atoms with Gasteiger partial charge in [0, 0.05) is 22.4 Å². The lowest BCUT2D eigenvalue weighted by Crippen LogP contribution is -2.23. The van der Waals surface area contributed by atoms with Crippen molar-refractivity contribution in [1.82, 2.24) is 9.71 Å². The standard InChI is InChI=1S/C17H18N2O2S3/c1-12-3-5-13(6-4-12)17-19-15(11-22-17)16-8-7-14(23-16)9-10-18-24(2,20)21/h3-8,11,18H,9-10H2,1-2H3. The third kappa shape index (κ3) is 4.51. The van der Waals surface area contributed by atoms with Gasteiger partial charge in [0.25, 0.3) is 0 Å². The molecule has 0 atom stereocenters. The van der Waals surface area contributed by atoms with Crippen LogP contribution in [0.1, 0.15) is 10.4 Å². The summed E-state index contributed by atoms with van der Waals surface area (Å²) in [5, 5.41) is 3.08. The number of sulfonamides is 1. The molecular formula is C17H18N2O2S3. The van der Waals surface area contributed by atoms with Crippen LogP contribution in [-0.2, 0) is 16.4 Å². The number of rotatable bonds is 6. The van der Waals surface area contributed by atoms with Crippen LogP contribution >= 0.6 is 22.7 Å². The van der Waals surface area contributed by atoms with E-state index in [0.29, 0.717) is 13.0 Å². The molecule has 1 N–H and O–H groups in total. The summed E-state index contributed by atoms with van der Waals surface area (Å²) in [5.74, 6) is 0. The molecule has 0 fully saturated rings. The van der Waals surface area contributed by atoms with E-state index in [1.165, 1.54) is 11.8 Å². The minimum atomic E-state index is -3.13. The summed E-state index contributed by atoms with van der Waals surface area (Å²) in [5.41, 5.74) is 3.34. The van der Waals surface area contributed by atoms with Gasteiger partial charge in [0.1, 0.15) is 5.01 Å². The highest BCUT2D eigenvalue weighted by molar-refractivity contribution is 7.88. The van der Waals surface area contributed by atoms with Crippen LogP contribution in [0.4, 0.5) is 0 Å². The van der Waals surface area contributed by atoms with Crippen LogP contribution < -0.4 is 4.72 Å². The number of aryl methyl sites for hydroxylation is 1. The lowest BCUT2D eigenvalue weighted by molar-refractivity contribution is 0.588. The first-order valence-electron chi connectivity index (χ1n) is 7.47. The Morgan fingerprint density at radius 3 is 2.58 bits per heavy atom. The van der Waals surface area contributed by atoms with Crippen molar-refractivity contribution in [1.29, 1.82) is 0 Å². The van der Waals surface area contributed by atoms with Crippen LogP contribution in [0.5, 0.6) is 0 Å². The summed E-state index contributed by atoms with van der Waals surface area (Å²) < 4.78 is 24.7. The first-order valence-corrected chi connectivity index (χ1v) is 11.1. The molecule has 2 aromatic heterocycles. The van der Waals surface area contributed by atoms with E-state index in [9.17, 15) is 8.42 Å². The zero-order valence-electron chi connectivity index (χ0n) is 13.4. The molecule has 4 nitrogen and oxygen atoms in total. The Hall–Kier alpha value is -1.54. The van der Waals surface area contributed by atoms with Crippen molar-refractivity contribution < 1.29 is 8.42 Å². The molecule has 0 aliphatic carbocycles. The van der Waals surface area contributed by atoms with E-state index in [-0.39, 0.29) is 0 Å². The zero-order valence-corrected chi connectivity index (χ0v) is 15.9. The Bertz CT molecular complexity index is 925. The van der Waals surface area contributed by atoms with Gasteiger partial charge in [-0.2, -0.15) is 0 Å². The molecule has 7 heteroatoms. The second-order valence-electron chi connectivity index (χ2n) is 5.59. The van der Waals surface area contributed by atoms with Gasteiger partial charge in [-0.1, -0.05) is 29.8 Å². The van der Waals surface area contributed by atoms with Crippen molar-refractivity contribution in [2.24, 2.45) is 0 Å². The fraction of sp³-hybridized carbons (Fsp3) is 0.235. The van der Waals surface area contributed by atoms with E-state index in [1.54, 1.807) is 22.7 Å². The molecule has 2 heterocycles. The Labute approximate surface area is 150 Å². The zero-order chi connectivity index (χ0) is 17.2. The fourth-order valence-corrected chi connectivity index (χ4v) is 4.57. The first-order chi connectivity index (χ1) is 11.4. The number of nitrogens with one attached hydrogen (secondary N) is 1. The van der Waals surface area contributed by atoms with E-state index in [4.69, 9.17) is 4.98 Å². The molecule has 1 aromatic carbocycles. The van der Waals surface area contributed by atoms with Gasteiger partial charge in [-0.3, -0.25) is 0 Å². The van der Waals surface area contributed by atoms with E-state index in [2.05, 4.69) is 47.4 Å². The molecule has 0 spiro atoms. The maximum absolute atomic E-state index is 11.1. The van der Waals surface area contributed by atoms with Crippen LogP contribution in [0, 0.1) is 6.92 Å². The molecule has 0 aliphatic heterocycles. The van der Waals surface area contributed by atoms with Crippen molar-refractivity contribution >= 4 is 32.7 Å². The molecule has 0 bridgehead atoms. The van der Waals surface area contributed by atoms with Gasteiger partial charge >= 0.3 is 0 Å². The number of aromatic nitrogens is 1. The molecule has 0 radical (unpaired) electrons. The largest absolute Gasteiger partial charge is 0.235 e. The molecule has 3 aromatic rings. The van der Waals surface area contributed by atoms with Crippen LogP contribution in [0.2, 0.25) is 0 Å². The SMILES string of the molecule is Cc1ccc(-c2nc(-c3ccc(CCNS(C)(=O)=O)s3)cs2)cc1. The summed E-state index contributed by atoms with van der Waals surface area (Å²) in [6.45, 7) is 2.49. The molecule has 0 amide bonds. The minimum absolute atomic E-state index is 0.421. The quantitative estimate of drug-likeness (QED) is 0.707. The lowest BCUT2D eigenvalue weighted by Gasteiger charge is -1.99. The average molecular weight is 379 g/mol. The predicted octanol–water partition coefficient (Wildman–Crippen LogP) is 3.94. The summed E-state index contributed by atoms with van der Waals surface area (Å²) in [7, 11) is -3.13. The second-order valence-corrected chi connectivity index (χ2v) is 9.45. The van der Waals surface area contributed by atoms with Gasteiger partial charge in [-0.05, 0) is 25.5 Å². The summed E-state index contributed by atoms with van der Waals surface area (Å²) in [6.07, 6.45) is 1.86. The highest BCUT2D eigenvalue weighted by atomic mass is 32.2. The molecule has 126 valence electrons. The van der Waals surface area contributed by atoms with Crippen LogP contribution in [-0.4, -0.2) is 26.2 Å². The maximum atomic E-state index is 11.1. The van der Waals surface area contributed by atoms with Gasteiger partial charge < -0.3 is 0 Å². The Morgan fingerprint density at radius 2 is 1.88 bits per heavy atom. The smallest absolute Gasteiger partial charge is 0.208 e. The summed E-state index contributed by atoms with van der Waals surface area (Å²) in [4.78, 5) is 6.99. The number of nitrogens with zero attached hydrogens (tertiary/aromatic N) is 1. The highest BCUT2D eigenvalue weighted by Gasteiger charge is 2.09. The Morgan fingerprint density at radius 1 is 1.12 bits per heavy atom. The molecule has 0 unspecified atom stereocenters. The third-order valence-electron chi connectivity index (χ3n) is 3.45. The van der Waals surface area contributed by atoms with Crippen molar-refractivity contribution in [3.05, 3.63) is 52.2 Å². The predicted molar refractivity (Wildman–Crippen MR) is 102 cm³/mol. The number of hydrogen-bond donors (Lipinski definition) is 1. The topological polar surface area (TPSA) is 59.1 Å². The van der Waals surface area contributed by atoms with Crippen LogP contribution in [0.3, 0.4) is 0 Å². The van der Waals surface area contributed by atoms with Crippen molar-refractivity contribution in [2.45, 2.75) is 13.3 Å². The Kier molecular flexibility index (Phi) is 5.15. The average Bonchev–Trinajstić information content (AvgIpc) is 3.15. The van der Waals surface area contributed by atoms with Crippen molar-refractivity contribution in [3.63, 3.8) is 0 Å². The van der Waals surface area contributed by atoms with Crippen molar-refractivity contribution in [3.8, 4) is 21.1 Å². The number of benzene rings is 1. The van der Waals surface area contributed by atoms with Gasteiger partial charge in [-0.25, -0.2) is 18.1 Å². The summed E-state index contributed by atoms with van der Waals surface area (Å²) >= 11 is 3.29. The van der Waals surface area contributed by atoms with E-state index in [1.807, 2.05) is 6.07 Å². The first kappa shape index (κ1) is 17.3. The number of thiazole rings is 1. The van der Waals surface area contributed by atoms with Gasteiger partial charge in [0.2, 0.25) is 10.0 Å². The summed E-state index contributed by atoms with van der Waals surface area (Å²) in [6, 6.07) is 12.5. The molecule has 0 saturated carbocycles. The lowest BCUT2D eigenvalue weighted by atomic mass is 10.2. The van der Waals surface area contributed by atoms with E-state index < -0.39 is 10.0 Å². The number of thiophene rings is 1. The minimum Gasteiger partial charge on any atom is -0.235 e. The second kappa shape index (κ2) is 7.14. The number of hydrogen-bond acceptors (Lipinski definition) is 5. The van der Waals surface area contributed by atoms with Gasteiger partial charge in [0.05, 0.1) is 16.8 Å². The maximum Gasteiger partial charge on any atom is 0.208 e. The van der Waals surface area contributed by atoms with Gasteiger partial charge in [-0.15, -0.1) is 22.7 Å². The monoisotopic (exact) mass is 378 g/mol. The normalized spacial score (nSPS) is 11.8. The van der Waals surface area contributed by atoms with Crippen LogP contribution in [0.15, 0.2) is 41.8 Å².